The van der Waals surface area contributed by atoms with Crippen LogP contribution in [-0.2, 0) is 6.54 Å². The van der Waals surface area contributed by atoms with Crippen molar-refractivity contribution in [3.05, 3.63) is 46.2 Å². The van der Waals surface area contributed by atoms with Crippen molar-refractivity contribution in [1.82, 2.24) is 14.8 Å². The summed E-state index contributed by atoms with van der Waals surface area (Å²) >= 11 is 3.43. The molecule has 1 aromatic carbocycles. The van der Waals surface area contributed by atoms with Gasteiger partial charge in [-0.3, -0.25) is 0 Å². The smallest absolute Gasteiger partial charge is 0.145 e. The number of nitrogens with zero attached hydrogens (tertiary/aromatic N) is 3. The average molecular weight is 347 g/mol. The molecule has 0 saturated heterocycles. The number of benzene rings is 1. The number of rotatable bonds is 3. The summed E-state index contributed by atoms with van der Waals surface area (Å²) in [4.78, 5) is 4.66. The van der Waals surface area contributed by atoms with Gasteiger partial charge in [0.15, 0.2) is 0 Å². The minimum atomic E-state index is 0.520. The first-order chi connectivity index (χ1) is 10.1. The maximum absolute atomic E-state index is 6.02. The van der Waals surface area contributed by atoms with Gasteiger partial charge >= 0.3 is 0 Å². The van der Waals surface area contributed by atoms with E-state index in [4.69, 9.17) is 10.5 Å². The Balaban J connectivity index is 2.03. The Labute approximate surface area is 130 Å². The largest absolute Gasteiger partial charge is 0.494 e. The summed E-state index contributed by atoms with van der Waals surface area (Å²) in [7, 11) is 1.65. The molecule has 3 aromatic rings. The Morgan fingerprint density at radius 1 is 1.29 bits per heavy atom. The molecular weight excluding hydrogens is 332 g/mol. The number of aryl methyl sites for hydroxylation is 1. The molecule has 0 aliphatic carbocycles. The SMILES string of the molecule is COc1cccc2ccc(Cn3nc(C)c(Br)c3N)nc12. The first-order valence-corrected chi connectivity index (χ1v) is 7.30. The molecule has 0 atom stereocenters. The second kappa shape index (κ2) is 5.37. The lowest BCUT2D eigenvalue weighted by molar-refractivity contribution is 0.418. The second-order valence-electron chi connectivity index (χ2n) is 4.78. The predicted octanol–water partition coefficient (Wildman–Crippen LogP) is 3.14. The highest BCUT2D eigenvalue weighted by atomic mass is 79.9. The van der Waals surface area contributed by atoms with Crippen LogP contribution in [0.5, 0.6) is 5.75 Å². The lowest BCUT2D eigenvalue weighted by Gasteiger charge is -2.08. The fourth-order valence-electron chi connectivity index (χ4n) is 2.26. The molecule has 108 valence electrons. The second-order valence-corrected chi connectivity index (χ2v) is 5.57. The van der Waals surface area contributed by atoms with Crippen molar-refractivity contribution in [2.24, 2.45) is 0 Å². The van der Waals surface area contributed by atoms with Gasteiger partial charge in [-0.2, -0.15) is 5.10 Å². The molecule has 0 fully saturated rings. The summed E-state index contributed by atoms with van der Waals surface area (Å²) in [6.07, 6.45) is 0. The Kier molecular flexibility index (Phi) is 3.55. The number of ether oxygens (including phenoxy) is 1. The van der Waals surface area contributed by atoms with Gasteiger partial charge in [0.2, 0.25) is 0 Å². The number of hydrogen-bond donors (Lipinski definition) is 1. The Morgan fingerprint density at radius 2 is 2.10 bits per heavy atom. The standard InChI is InChI=1S/C15H15BrN4O/c1-9-13(16)15(17)20(19-9)8-11-7-6-10-4-3-5-12(21-2)14(10)18-11/h3-7H,8,17H2,1-2H3. The molecule has 0 unspecified atom stereocenters. The van der Waals surface area contributed by atoms with Gasteiger partial charge in [0.1, 0.15) is 17.1 Å². The zero-order valence-corrected chi connectivity index (χ0v) is 13.4. The fraction of sp³-hybridized carbons (Fsp3) is 0.200. The molecule has 5 nitrogen and oxygen atoms in total. The maximum atomic E-state index is 6.02. The lowest BCUT2D eigenvalue weighted by atomic mass is 10.2. The molecule has 2 heterocycles. The molecule has 0 aliphatic heterocycles. The first kappa shape index (κ1) is 13.9. The van der Waals surface area contributed by atoms with Gasteiger partial charge < -0.3 is 10.5 Å². The van der Waals surface area contributed by atoms with E-state index in [9.17, 15) is 0 Å². The van der Waals surface area contributed by atoms with Gasteiger partial charge in [-0.25, -0.2) is 9.67 Å². The molecule has 6 heteroatoms. The van der Waals surface area contributed by atoms with Crippen molar-refractivity contribution < 1.29 is 4.74 Å². The van der Waals surface area contributed by atoms with Crippen molar-refractivity contribution in [1.29, 1.82) is 0 Å². The molecule has 0 amide bonds. The summed E-state index contributed by atoms with van der Waals surface area (Å²) in [6, 6.07) is 9.88. The summed E-state index contributed by atoms with van der Waals surface area (Å²) in [5.41, 5.74) is 8.62. The number of nitrogens with two attached hydrogens (primary N) is 1. The van der Waals surface area contributed by atoms with E-state index in [1.54, 1.807) is 11.8 Å². The van der Waals surface area contributed by atoms with Crippen LogP contribution in [-0.4, -0.2) is 21.9 Å². The fourth-order valence-corrected chi connectivity index (χ4v) is 2.55. The molecule has 0 saturated carbocycles. The summed E-state index contributed by atoms with van der Waals surface area (Å²) < 4.78 is 7.94. The van der Waals surface area contributed by atoms with Crippen molar-refractivity contribution in [2.75, 3.05) is 12.8 Å². The van der Waals surface area contributed by atoms with Crippen molar-refractivity contribution in [3.8, 4) is 5.75 Å². The minimum absolute atomic E-state index is 0.520. The van der Waals surface area contributed by atoms with E-state index in [1.165, 1.54) is 0 Å². The molecule has 2 aromatic heterocycles. The van der Waals surface area contributed by atoms with Crippen molar-refractivity contribution >= 4 is 32.7 Å². The van der Waals surface area contributed by atoms with E-state index in [0.29, 0.717) is 12.4 Å². The molecule has 0 spiro atoms. The van der Waals surface area contributed by atoms with Crippen LogP contribution in [0.15, 0.2) is 34.8 Å². The van der Waals surface area contributed by atoms with E-state index in [1.807, 2.05) is 37.3 Å². The maximum Gasteiger partial charge on any atom is 0.145 e. The summed E-state index contributed by atoms with van der Waals surface area (Å²) in [5.74, 6) is 1.37. The highest BCUT2D eigenvalue weighted by Gasteiger charge is 2.11. The zero-order valence-electron chi connectivity index (χ0n) is 11.8. The number of fused-ring (bicyclic) bond motifs is 1. The number of halogens is 1. The number of nitrogen functional groups attached to an aromatic ring is 1. The van der Waals surface area contributed by atoms with Crippen LogP contribution in [0, 0.1) is 6.92 Å². The molecule has 21 heavy (non-hydrogen) atoms. The molecule has 2 N–H and O–H groups in total. The number of para-hydroxylation sites is 1. The van der Waals surface area contributed by atoms with Crippen LogP contribution in [0.1, 0.15) is 11.4 Å². The quantitative estimate of drug-likeness (QED) is 0.791. The molecular formula is C15H15BrN4O. The topological polar surface area (TPSA) is 66.0 Å². The highest BCUT2D eigenvalue weighted by molar-refractivity contribution is 9.10. The van der Waals surface area contributed by atoms with Gasteiger partial charge in [0.25, 0.3) is 0 Å². The van der Waals surface area contributed by atoms with Gasteiger partial charge in [0.05, 0.1) is 29.5 Å². The van der Waals surface area contributed by atoms with E-state index in [2.05, 4.69) is 26.0 Å². The monoisotopic (exact) mass is 346 g/mol. The summed E-state index contributed by atoms with van der Waals surface area (Å²) in [5, 5.41) is 5.45. The van der Waals surface area contributed by atoms with Crippen molar-refractivity contribution in [2.45, 2.75) is 13.5 Å². The van der Waals surface area contributed by atoms with E-state index in [-0.39, 0.29) is 0 Å². The minimum Gasteiger partial charge on any atom is -0.494 e. The third-order valence-corrected chi connectivity index (χ3v) is 4.34. The number of methoxy groups -OCH3 is 1. The van der Waals surface area contributed by atoms with Gasteiger partial charge in [-0.1, -0.05) is 18.2 Å². The van der Waals surface area contributed by atoms with Gasteiger partial charge in [0, 0.05) is 5.39 Å². The number of pyridine rings is 1. The van der Waals surface area contributed by atoms with Crippen LogP contribution in [0.4, 0.5) is 5.82 Å². The van der Waals surface area contributed by atoms with Crippen LogP contribution >= 0.6 is 15.9 Å². The first-order valence-electron chi connectivity index (χ1n) is 6.51. The van der Waals surface area contributed by atoms with E-state index in [0.717, 1.165) is 32.5 Å². The third kappa shape index (κ3) is 2.47. The van der Waals surface area contributed by atoms with Crippen molar-refractivity contribution in [3.63, 3.8) is 0 Å². The van der Waals surface area contributed by atoms with Crippen LogP contribution < -0.4 is 10.5 Å². The Morgan fingerprint density at radius 3 is 2.76 bits per heavy atom. The molecule has 3 rings (SSSR count). The molecule has 0 aliphatic rings. The van der Waals surface area contributed by atoms with Gasteiger partial charge in [-0.05, 0) is 35.0 Å². The normalized spacial score (nSPS) is 11.0. The number of aromatic nitrogens is 3. The van der Waals surface area contributed by atoms with Crippen LogP contribution in [0.2, 0.25) is 0 Å². The predicted molar refractivity (Wildman–Crippen MR) is 86.5 cm³/mol. The number of hydrogen-bond acceptors (Lipinski definition) is 4. The summed E-state index contributed by atoms with van der Waals surface area (Å²) in [6.45, 7) is 2.43. The number of anilines is 1. The van der Waals surface area contributed by atoms with Crippen LogP contribution in [0.25, 0.3) is 10.9 Å². The molecule has 0 radical (unpaired) electrons. The van der Waals surface area contributed by atoms with E-state index < -0.39 is 0 Å². The molecule has 0 bridgehead atoms. The third-order valence-electron chi connectivity index (χ3n) is 3.36. The Bertz CT molecular complexity index is 813. The lowest BCUT2D eigenvalue weighted by Crippen LogP contribution is -2.07. The Hall–Kier alpha value is -2.08. The van der Waals surface area contributed by atoms with Crippen LogP contribution in [0.3, 0.4) is 0 Å². The van der Waals surface area contributed by atoms with Gasteiger partial charge in [-0.15, -0.1) is 0 Å². The zero-order chi connectivity index (χ0) is 15.0. The van der Waals surface area contributed by atoms with E-state index >= 15 is 0 Å². The highest BCUT2D eigenvalue weighted by Crippen LogP contribution is 2.26. The average Bonchev–Trinajstić information content (AvgIpc) is 2.74.